The molecule has 158 valence electrons. The SMILES string of the molecule is CC(C)n1ncc2c(C(=O)Nc3ccnn3C3CCCC3)cc(-c3ccccc3)nc21. The zero-order valence-corrected chi connectivity index (χ0v) is 17.8. The number of nitrogens with zero attached hydrogens (tertiary/aromatic N) is 5. The Morgan fingerprint density at radius 2 is 1.87 bits per heavy atom. The van der Waals surface area contributed by atoms with Crippen molar-refractivity contribution in [2.24, 2.45) is 0 Å². The fourth-order valence-electron chi connectivity index (χ4n) is 4.38. The van der Waals surface area contributed by atoms with Crippen molar-refractivity contribution in [3.8, 4) is 11.3 Å². The first kappa shape index (κ1) is 19.5. The second-order valence-corrected chi connectivity index (χ2v) is 8.39. The summed E-state index contributed by atoms with van der Waals surface area (Å²) >= 11 is 0. The average Bonchev–Trinajstić information content (AvgIpc) is 3.53. The predicted molar refractivity (Wildman–Crippen MR) is 121 cm³/mol. The fourth-order valence-corrected chi connectivity index (χ4v) is 4.38. The van der Waals surface area contributed by atoms with Crippen molar-refractivity contribution in [1.82, 2.24) is 24.5 Å². The third-order valence-corrected chi connectivity index (χ3v) is 5.95. The lowest BCUT2D eigenvalue weighted by Crippen LogP contribution is -2.18. The molecule has 0 bridgehead atoms. The van der Waals surface area contributed by atoms with Crippen molar-refractivity contribution < 1.29 is 4.79 Å². The van der Waals surface area contributed by atoms with Gasteiger partial charge in [0, 0.05) is 17.7 Å². The van der Waals surface area contributed by atoms with Crippen LogP contribution in [-0.2, 0) is 0 Å². The van der Waals surface area contributed by atoms with E-state index in [4.69, 9.17) is 4.98 Å². The topological polar surface area (TPSA) is 77.6 Å². The number of carbonyl (C=O) groups excluding carboxylic acids is 1. The van der Waals surface area contributed by atoms with E-state index >= 15 is 0 Å². The second-order valence-electron chi connectivity index (χ2n) is 8.39. The van der Waals surface area contributed by atoms with E-state index < -0.39 is 0 Å². The summed E-state index contributed by atoms with van der Waals surface area (Å²) in [7, 11) is 0. The molecule has 7 heteroatoms. The van der Waals surface area contributed by atoms with Gasteiger partial charge in [0.25, 0.3) is 5.91 Å². The van der Waals surface area contributed by atoms with E-state index in [1.807, 2.05) is 51.8 Å². The summed E-state index contributed by atoms with van der Waals surface area (Å²) in [5.41, 5.74) is 3.00. The first-order valence-electron chi connectivity index (χ1n) is 10.9. The van der Waals surface area contributed by atoms with Crippen LogP contribution in [0.1, 0.15) is 62.0 Å². The Bertz CT molecular complexity index is 1220. The van der Waals surface area contributed by atoms with Gasteiger partial charge in [-0.2, -0.15) is 10.2 Å². The summed E-state index contributed by atoms with van der Waals surface area (Å²) in [6.07, 6.45) is 8.10. The number of hydrogen-bond acceptors (Lipinski definition) is 4. The molecule has 4 aromatic rings. The van der Waals surface area contributed by atoms with Crippen molar-refractivity contribution in [2.45, 2.75) is 51.6 Å². The maximum Gasteiger partial charge on any atom is 0.257 e. The molecule has 1 N–H and O–H groups in total. The Kier molecular flexibility index (Phi) is 5.02. The number of pyridine rings is 1. The quantitative estimate of drug-likeness (QED) is 0.484. The normalized spacial score (nSPS) is 14.5. The van der Waals surface area contributed by atoms with Gasteiger partial charge in [0.05, 0.1) is 35.1 Å². The van der Waals surface area contributed by atoms with Gasteiger partial charge in [0.2, 0.25) is 0 Å². The van der Waals surface area contributed by atoms with Gasteiger partial charge in [-0.25, -0.2) is 14.3 Å². The minimum Gasteiger partial charge on any atom is -0.307 e. The van der Waals surface area contributed by atoms with E-state index in [2.05, 4.69) is 29.4 Å². The van der Waals surface area contributed by atoms with Crippen LogP contribution >= 0.6 is 0 Å². The largest absolute Gasteiger partial charge is 0.307 e. The first-order chi connectivity index (χ1) is 15.1. The lowest BCUT2D eigenvalue weighted by atomic mass is 10.1. The molecule has 1 amide bonds. The smallest absolute Gasteiger partial charge is 0.257 e. The zero-order chi connectivity index (χ0) is 21.4. The number of anilines is 1. The third-order valence-electron chi connectivity index (χ3n) is 5.95. The maximum absolute atomic E-state index is 13.4. The van der Waals surface area contributed by atoms with Crippen LogP contribution in [0.2, 0.25) is 0 Å². The molecule has 0 aliphatic heterocycles. The number of hydrogen-bond donors (Lipinski definition) is 1. The number of nitrogens with one attached hydrogen (secondary N) is 1. The van der Waals surface area contributed by atoms with E-state index in [0.29, 0.717) is 17.3 Å². The first-order valence-corrected chi connectivity index (χ1v) is 10.9. The van der Waals surface area contributed by atoms with Gasteiger partial charge in [0.1, 0.15) is 5.82 Å². The van der Waals surface area contributed by atoms with Gasteiger partial charge in [-0.15, -0.1) is 0 Å². The summed E-state index contributed by atoms with van der Waals surface area (Å²) in [6, 6.07) is 14.1. The summed E-state index contributed by atoms with van der Waals surface area (Å²) in [5, 5.41) is 12.8. The van der Waals surface area contributed by atoms with Crippen LogP contribution in [-0.4, -0.2) is 30.5 Å². The molecule has 5 rings (SSSR count). The monoisotopic (exact) mass is 414 g/mol. The van der Waals surface area contributed by atoms with Crippen LogP contribution < -0.4 is 5.32 Å². The lowest BCUT2D eigenvalue weighted by molar-refractivity contribution is 0.102. The summed E-state index contributed by atoms with van der Waals surface area (Å²) < 4.78 is 3.82. The third kappa shape index (κ3) is 3.60. The zero-order valence-electron chi connectivity index (χ0n) is 17.8. The molecule has 3 aromatic heterocycles. The van der Waals surface area contributed by atoms with Gasteiger partial charge >= 0.3 is 0 Å². The Balaban J connectivity index is 1.57. The molecule has 0 atom stereocenters. The van der Waals surface area contributed by atoms with Crippen LogP contribution in [0.15, 0.2) is 54.9 Å². The summed E-state index contributed by atoms with van der Waals surface area (Å²) in [5.74, 6) is 0.562. The van der Waals surface area contributed by atoms with Gasteiger partial charge in [-0.3, -0.25) is 4.79 Å². The lowest BCUT2D eigenvalue weighted by Gasteiger charge is -2.15. The van der Waals surface area contributed by atoms with E-state index in [0.717, 1.165) is 35.3 Å². The number of carbonyl (C=O) groups is 1. The Morgan fingerprint density at radius 1 is 1.10 bits per heavy atom. The highest BCUT2D eigenvalue weighted by Crippen LogP contribution is 2.32. The molecule has 0 unspecified atom stereocenters. The molecule has 1 aliphatic carbocycles. The van der Waals surface area contributed by atoms with E-state index in [-0.39, 0.29) is 11.9 Å². The average molecular weight is 415 g/mol. The molecule has 1 saturated carbocycles. The van der Waals surface area contributed by atoms with Crippen molar-refractivity contribution in [1.29, 1.82) is 0 Å². The van der Waals surface area contributed by atoms with Crippen molar-refractivity contribution in [3.05, 3.63) is 60.4 Å². The predicted octanol–water partition coefficient (Wildman–Crippen LogP) is 5.24. The highest BCUT2D eigenvalue weighted by molar-refractivity contribution is 6.12. The number of rotatable bonds is 5. The number of benzene rings is 1. The van der Waals surface area contributed by atoms with Crippen LogP contribution in [0.4, 0.5) is 5.82 Å². The van der Waals surface area contributed by atoms with Gasteiger partial charge < -0.3 is 5.32 Å². The van der Waals surface area contributed by atoms with Crippen molar-refractivity contribution in [2.75, 3.05) is 5.32 Å². The van der Waals surface area contributed by atoms with Crippen LogP contribution in [0.5, 0.6) is 0 Å². The van der Waals surface area contributed by atoms with Crippen molar-refractivity contribution in [3.63, 3.8) is 0 Å². The second kappa shape index (κ2) is 7.98. The Hall–Kier alpha value is -3.48. The maximum atomic E-state index is 13.4. The summed E-state index contributed by atoms with van der Waals surface area (Å²) in [4.78, 5) is 18.3. The Labute approximate surface area is 181 Å². The fraction of sp³-hybridized carbons (Fsp3) is 0.333. The molecule has 0 saturated heterocycles. The minimum atomic E-state index is -0.173. The van der Waals surface area contributed by atoms with Crippen LogP contribution in [0.3, 0.4) is 0 Å². The molecular formula is C24H26N6O. The molecule has 31 heavy (non-hydrogen) atoms. The highest BCUT2D eigenvalue weighted by atomic mass is 16.1. The molecule has 1 fully saturated rings. The van der Waals surface area contributed by atoms with Crippen molar-refractivity contribution >= 4 is 22.8 Å². The number of aromatic nitrogens is 5. The van der Waals surface area contributed by atoms with E-state index in [1.165, 1.54) is 12.8 Å². The molecule has 0 spiro atoms. The van der Waals surface area contributed by atoms with E-state index in [1.54, 1.807) is 12.4 Å². The standard InChI is InChI=1S/C24H26N6O/c1-16(2)29-23-20(15-26-29)19(14-21(27-23)17-8-4-3-5-9-17)24(31)28-22-12-13-25-30(22)18-10-6-7-11-18/h3-5,8-9,12-16,18H,6-7,10-11H2,1-2H3,(H,28,31). The highest BCUT2D eigenvalue weighted by Gasteiger charge is 2.23. The van der Waals surface area contributed by atoms with Gasteiger partial charge in [-0.05, 0) is 32.8 Å². The molecule has 1 aliphatic rings. The number of fused-ring (bicyclic) bond motifs is 1. The van der Waals surface area contributed by atoms with Gasteiger partial charge in [0.15, 0.2) is 5.65 Å². The molecule has 1 aromatic carbocycles. The Morgan fingerprint density at radius 3 is 2.61 bits per heavy atom. The molecular weight excluding hydrogens is 388 g/mol. The van der Waals surface area contributed by atoms with Crippen LogP contribution in [0, 0.1) is 0 Å². The number of amides is 1. The van der Waals surface area contributed by atoms with E-state index in [9.17, 15) is 4.79 Å². The summed E-state index contributed by atoms with van der Waals surface area (Å²) in [6.45, 7) is 4.12. The van der Waals surface area contributed by atoms with Gasteiger partial charge in [-0.1, -0.05) is 43.2 Å². The molecule has 3 heterocycles. The molecule has 0 radical (unpaired) electrons. The van der Waals surface area contributed by atoms with Crippen LogP contribution in [0.25, 0.3) is 22.3 Å². The minimum absolute atomic E-state index is 0.135. The molecule has 7 nitrogen and oxygen atoms in total.